The molecule has 23 heavy (non-hydrogen) atoms. The molecule has 2 heterocycles. The van der Waals surface area contributed by atoms with Crippen LogP contribution in [0.25, 0.3) is 0 Å². The van der Waals surface area contributed by atoms with Gasteiger partial charge < -0.3 is 10.2 Å². The van der Waals surface area contributed by atoms with Crippen molar-refractivity contribution in [3.63, 3.8) is 0 Å². The van der Waals surface area contributed by atoms with Gasteiger partial charge in [-0.15, -0.1) is 0 Å². The fourth-order valence-corrected chi connectivity index (χ4v) is 2.54. The van der Waals surface area contributed by atoms with E-state index in [-0.39, 0.29) is 17.5 Å². The minimum Gasteiger partial charge on any atom is -0.342 e. The van der Waals surface area contributed by atoms with E-state index in [2.05, 4.69) is 15.3 Å². The van der Waals surface area contributed by atoms with Gasteiger partial charge in [0.05, 0.1) is 4.92 Å². The molecule has 9 heteroatoms. The molecule has 118 valence electrons. The van der Waals surface area contributed by atoms with Gasteiger partial charge in [-0.1, -0.05) is 17.7 Å². The molecule has 1 saturated heterocycles. The zero-order valence-corrected chi connectivity index (χ0v) is 12.6. The summed E-state index contributed by atoms with van der Waals surface area (Å²) in [6, 6.07) is 6.59. The third kappa shape index (κ3) is 3.21. The molecule has 0 saturated carbocycles. The molecule has 0 spiro atoms. The molecule has 3 rings (SSSR count). The number of nitro groups is 1. The standard InChI is InChI=1S/C14H12ClN5O3/c15-9-2-1-3-10(6-9)19-5-4-12(13(19)21)18-14-16-7-11(8-17-14)20(22)23/h1-3,6-8,12H,4-5H2,(H,16,17,18). The van der Waals surface area contributed by atoms with Crippen LogP contribution in [0, 0.1) is 10.1 Å². The van der Waals surface area contributed by atoms with Crippen molar-refractivity contribution in [2.45, 2.75) is 12.5 Å². The number of hydrogen-bond acceptors (Lipinski definition) is 6. The van der Waals surface area contributed by atoms with Crippen LogP contribution in [0.5, 0.6) is 0 Å². The number of hydrogen-bond donors (Lipinski definition) is 1. The predicted octanol–water partition coefficient (Wildman–Crippen LogP) is 2.26. The van der Waals surface area contributed by atoms with Crippen molar-refractivity contribution in [1.82, 2.24) is 9.97 Å². The second kappa shape index (κ2) is 6.17. The summed E-state index contributed by atoms with van der Waals surface area (Å²) in [6.45, 7) is 0.545. The summed E-state index contributed by atoms with van der Waals surface area (Å²) in [5.41, 5.74) is 0.533. The maximum atomic E-state index is 12.5. The Balaban J connectivity index is 1.70. The largest absolute Gasteiger partial charge is 0.342 e. The first kappa shape index (κ1) is 15.2. The number of rotatable bonds is 4. The number of benzene rings is 1. The highest BCUT2D eigenvalue weighted by atomic mass is 35.5. The Morgan fingerprint density at radius 3 is 2.74 bits per heavy atom. The van der Waals surface area contributed by atoms with Crippen LogP contribution >= 0.6 is 11.6 Å². The fraction of sp³-hybridized carbons (Fsp3) is 0.214. The molecule has 1 aromatic heterocycles. The molecule has 1 fully saturated rings. The topological polar surface area (TPSA) is 101 Å². The second-order valence-electron chi connectivity index (χ2n) is 4.98. The number of carbonyl (C=O) groups excluding carboxylic acids is 1. The Hall–Kier alpha value is -2.74. The summed E-state index contributed by atoms with van der Waals surface area (Å²) < 4.78 is 0. The average molecular weight is 334 g/mol. The Kier molecular flexibility index (Phi) is 4.07. The van der Waals surface area contributed by atoms with Crippen LogP contribution in [0.15, 0.2) is 36.7 Å². The van der Waals surface area contributed by atoms with E-state index in [0.29, 0.717) is 18.0 Å². The minimum absolute atomic E-state index is 0.116. The van der Waals surface area contributed by atoms with Gasteiger partial charge in [0.1, 0.15) is 18.4 Å². The highest BCUT2D eigenvalue weighted by molar-refractivity contribution is 6.31. The van der Waals surface area contributed by atoms with Crippen molar-refractivity contribution in [3.8, 4) is 0 Å². The van der Waals surface area contributed by atoms with E-state index in [0.717, 1.165) is 18.1 Å². The number of halogens is 1. The number of aromatic nitrogens is 2. The molecule has 0 radical (unpaired) electrons. The minimum atomic E-state index is -0.578. The molecule has 8 nitrogen and oxygen atoms in total. The maximum absolute atomic E-state index is 12.5. The lowest BCUT2D eigenvalue weighted by Gasteiger charge is -2.17. The lowest BCUT2D eigenvalue weighted by Crippen LogP contribution is -2.33. The normalized spacial score (nSPS) is 17.3. The first-order valence-electron chi connectivity index (χ1n) is 6.84. The summed E-state index contributed by atoms with van der Waals surface area (Å²) in [5, 5.41) is 14.0. The highest BCUT2D eigenvalue weighted by Gasteiger charge is 2.33. The SMILES string of the molecule is O=C1C(Nc2ncc([N+](=O)[O-])cn2)CCN1c1cccc(Cl)c1. The van der Waals surface area contributed by atoms with Gasteiger partial charge in [-0.25, -0.2) is 9.97 Å². The van der Waals surface area contributed by atoms with Crippen LogP contribution in [0.3, 0.4) is 0 Å². The molecule has 2 aromatic rings. The van der Waals surface area contributed by atoms with Crippen molar-refractivity contribution in [2.75, 3.05) is 16.8 Å². The van der Waals surface area contributed by atoms with E-state index in [1.807, 2.05) is 6.07 Å². The molecule has 1 atom stereocenters. The van der Waals surface area contributed by atoms with Crippen LogP contribution in [-0.2, 0) is 4.79 Å². The van der Waals surface area contributed by atoms with Crippen LogP contribution in [0.1, 0.15) is 6.42 Å². The number of nitrogens with one attached hydrogen (secondary N) is 1. The monoisotopic (exact) mass is 333 g/mol. The molecule has 1 aliphatic rings. The average Bonchev–Trinajstić information content (AvgIpc) is 2.89. The van der Waals surface area contributed by atoms with Crippen LogP contribution in [0.4, 0.5) is 17.3 Å². The molecule has 1 amide bonds. The lowest BCUT2D eigenvalue weighted by atomic mass is 10.2. The van der Waals surface area contributed by atoms with Crippen LogP contribution in [0.2, 0.25) is 5.02 Å². The van der Waals surface area contributed by atoms with E-state index >= 15 is 0 Å². The van der Waals surface area contributed by atoms with Gasteiger partial charge in [-0.3, -0.25) is 14.9 Å². The van der Waals surface area contributed by atoms with Gasteiger partial charge in [-0.2, -0.15) is 0 Å². The number of nitrogens with zero attached hydrogens (tertiary/aromatic N) is 4. The summed E-state index contributed by atoms with van der Waals surface area (Å²) in [7, 11) is 0. The quantitative estimate of drug-likeness (QED) is 0.680. The van der Waals surface area contributed by atoms with E-state index in [1.54, 1.807) is 23.1 Å². The van der Waals surface area contributed by atoms with Crippen molar-refractivity contribution in [3.05, 3.63) is 51.8 Å². The number of amides is 1. The van der Waals surface area contributed by atoms with Gasteiger partial charge in [0.25, 0.3) is 0 Å². The predicted molar refractivity (Wildman–Crippen MR) is 84.5 cm³/mol. The van der Waals surface area contributed by atoms with Crippen molar-refractivity contribution in [1.29, 1.82) is 0 Å². The first-order valence-corrected chi connectivity index (χ1v) is 7.22. The van der Waals surface area contributed by atoms with Gasteiger partial charge >= 0.3 is 5.69 Å². The third-order valence-corrected chi connectivity index (χ3v) is 3.71. The Bertz CT molecular complexity index is 752. The summed E-state index contributed by atoms with van der Waals surface area (Å²) in [5.74, 6) is 0.0658. The number of carbonyl (C=O) groups is 1. The zero-order chi connectivity index (χ0) is 16.4. The summed E-state index contributed by atoms with van der Waals surface area (Å²) >= 11 is 5.95. The molecule has 1 aliphatic heterocycles. The Morgan fingerprint density at radius 2 is 2.09 bits per heavy atom. The van der Waals surface area contributed by atoms with Crippen molar-refractivity contribution in [2.24, 2.45) is 0 Å². The fourth-order valence-electron chi connectivity index (χ4n) is 2.36. The summed E-state index contributed by atoms with van der Waals surface area (Å²) in [6.07, 6.45) is 2.78. The Labute approximate surface area is 136 Å². The molecule has 0 bridgehead atoms. The van der Waals surface area contributed by atoms with Crippen LogP contribution < -0.4 is 10.2 Å². The summed E-state index contributed by atoms with van der Waals surface area (Å²) in [4.78, 5) is 31.8. The van der Waals surface area contributed by atoms with Gasteiger partial charge in [-0.05, 0) is 24.6 Å². The van der Waals surface area contributed by atoms with Crippen molar-refractivity contribution >= 4 is 34.8 Å². The lowest BCUT2D eigenvalue weighted by molar-refractivity contribution is -0.385. The first-order chi connectivity index (χ1) is 11.0. The van der Waals surface area contributed by atoms with E-state index < -0.39 is 11.0 Å². The smallest absolute Gasteiger partial charge is 0.305 e. The van der Waals surface area contributed by atoms with Gasteiger partial charge in [0, 0.05) is 17.3 Å². The van der Waals surface area contributed by atoms with Gasteiger partial charge in [0.15, 0.2) is 0 Å². The highest BCUT2D eigenvalue weighted by Crippen LogP contribution is 2.25. The molecular weight excluding hydrogens is 322 g/mol. The molecule has 0 aliphatic carbocycles. The van der Waals surface area contributed by atoms with Crippen molar-refractivity contribution < 1.29 is 9.72 Å². The number of anilines is 2. The molecule has 1 aromatic carbocycles. The second-order valence-corrected chi connectivity index (χ2v) is 5.41. The molecule has 1 N–H and O–H groups in total. The van der Waals surface area contributed by atoms with E-state index in [1.165, 1.54) is 0 Å². The van der Waals surface area contributed by atoms with E-state index in [4.69, 9.17) is 11.6 Å². The van der Waals surface area contributed by atoms with E-state index in [9.17, 15) is 14.9 Å². The maximum Gasteiger partial charge on any atom is 0.305 e. The molecular formula is C14H12ClN5O3. The van der Waals surface area contributed by atoms with Gasteiger partial charge in [0.2, 0.25) is 11.9 Å². The Morgan fingerprint density at radius 1 is 1.35 bits per heavy atom. The van der Waals surface area contributed by atoms with Crippen LogP contribution in [-0.4, -0.2) is 33.4 Å². The zero-order valence-electron chi connectivity index (χ0n) is 11.8. The molecule has 1 unspecified atom stereocenters. The third-order valence-electron chi connectivity index (χ3n) is 3.48.